The van der Waals surface area contributed by atoms with E-state index in [2.05, 4.69) is 4.84 Å². The molecule has 0 saturated carbocycles. The van der Waals surface area contributed by atoms with Gasteiger partial charge in [0, 0.05) is 29.6 Å². The van der Waals surface area contributed by atoms with E-state index in [0.29, 0.717) is 0 Å². The van der Waals surface area contributed by atoms with Gasteiger partial charge in [-0.15, -0.1) is 10.1 Å². The molecule has 0 N–H and O–H groups in total. The Kier molecular flexibility index (Phi) is 8.24. The van der Waals surface area contributed by atoms with E-state index >= 15 is 0 Å². The molecule has 5 heteroatoms. The maximum atomic E-state index is 8.95. The minimum absolute atomic E-state index is 0. The number of nitrogens with zero attached hydrogens (tertiary/aromatic N) is 1. The molecule has 0 fully saturated rings. The van der Waals surface area contributed by atoms with Gasteiger partial charge in [0.25, 0.3) is 5.09 Å². The molecule has 0 aromatic carbocycles. The second-order valence-electron chi connectivity index (χ2n) is 0.406. The zero-order chi connectivity index (χ0) is 4.28. The van der Waals surface area contributed by atoms with Crippen LogP contribution >= 0.6 is 0 Å². The van der Waals surface area contributed by atoms with Crippen molar-refractivity contribution in [1.82, 2.24) is 0 Å². The summed E-state index contributed by atoms with van der Waals surface area (Å²) < 4.78 is 0. The van der Waals surface area contributed by atoms with Gasteiger partial charge in [0.05, 0.1) is 7.11 Å². The molecule has 0 aromatic rings. The van der Waals surface area contributed by atoms with Gasteiger partial charge in [-0.2, -0.15) is 0 Å². The molecule has 0 heterocycles. The summed E-state index contributed by atoms with van der Waals surface area (Å²) in [6.45, 7) is 0. The molecule has 0 aromatic heterocycles. The first kappa shape index (κ1) is 9.50. The third-order valence-electron chi connectivity index (χ3n) is 0.149. The molecule has 0 aliphatic heterocycles. The Morgan fingerprint density at radius 2 is 2.00 bits per heavy atom. The zero-order valence-corrected chi connectivity index (χ0v) is 5.67. The van der Waals surface area contributed by atoms with Crippen LogP contribution in [0.5, 0.6) is 0 Å². The molecule has 1 radical (unpaired) electrons. The second-order valence-corrected chi connectivity index (χ2v) is 0.406. The SMILES string of the molecule is CO[N+](=O)[O-].[Na]. The summed E-state index contributed by atoms with van der Waals surface area (Å²) in [5.41, 5.74) is 0. The molecule has 0 aliphatic rings. The smallest absolute Gasteiger partial charge is 0.294 e. The molecule has 0 bridgehead atoms. The van der Waals surface area contributed by atoms with Gasteiger partial charge in [-0.25, -0.2) is 0 Å². The van der Waals surface area contributed by atoms with Crippen LogP contribution in [0, 0.1) is 10.1 Å². The van der Waals surface area contributed by atoms with Crippen molar-refractivity contribution in [2.75, 3.05) is 7.11 Å². The van der Waals surface area contributed by atoms with Crippen LogP contribution in [-0.4, -0.2) is 41.8 Å². The molecular weight excluding hydrogens is 97.0 g/mol. The Bertz CT molecular complexity index is 46.1. The van der Waals surface area contributed by atoms with E-state index in [-0.39, 0.29) is 29.6 Å². The molecule has 0 saturated heterocycles. The third kappa shape index (κ3) is 8.89. The summed E-state index contributed by atoms with van der Waals surface area (Å²) in [4.78, 5) is 12.4. The molecule has 0 spiro atoms. The van der Waals surface area contributed by atoms with Crippen molar-refractivity contribution in [2.24, 2.45) is 0 Å². The van der Waals surface area contributed by atoms with Crippen molar-refractivity contribution < 1.29 is 9.92 Å². The summed E-state index contributed by atoms with van der Waals surface area (Å²) >= 11 is 0. The van der Waals surface area contributed by atoms with Gasteiger partial charge in [-0.05, 0) is 0 Å². The van der Waals surface area contributed by atoms with Crippen molar-refractivity contribution in [2.45, 2.75) is 0 Å². The monoisotopic (exact) mass is 100 g/mol. The molecule has 31 valence electrons. The Morgan fingerprint density at radius 3 is 2.00 bits per heavy atom. The first-order valence-corrected chi connectivity index (χ1v) is 0.956. The predicted molar refractivity (Wildman–Crippen MR) is 19.8 cm³/mol. The van der Waals surface area contributed by atoms with E-state index in [1.807, 2.05) is 0 Å². The van der Waals surface area contributed by atoms with Crippen LogP contribution in [0.2, 0.25) is 0 Å². The topological polar surface area (TPSA) is 52.4 Å². The Balaban J connectivity index is 0. The Hall–Kier alpha value is 0.200. The molecule has 0 atom stereocenters. The summed E-state index contributed by atoms with van der Waals surface area (Å²) in [6.07, 6.45) is 0. The minimum Gasteiger partial charge on any atom is -0.317 e. The third-order valence-corrected chi connectivity index (χ3v) is 0.149. The molecule has 0 unspecified atom stereocenters. The molecule has 0 amide bonds. The number of hydrogen-bond donors (Lipinski definition) is 0. The number of hydrogen-bond acceptors (Lipinski definition) is 3. The van der Waals surface area contributed by atoms with Gasteiger partial charge in [0.1, 0.15) is 0 Å². The summed E-state index contributed by atoms with van der Waals surface area (Å²) in [5, 5.41) is 8.08. The first-order chi connectivity index (χ1) is 2.27. The summed E-state index contributed by atoms with van der Waals surface area (Å²) in [5.74, 6) is 0. The first-order valence-electron chi connectivity index (χ1n) is 0.956. The van der Waals surface area contributed by atoms with Gasteiger partial charge in [-0.3, -0.25) is 0 Å². The van der Waals surface area contributed by atoms with Crippen molar-refractivity contribution in [3.05, 3.63) is 10.1 Å². The Labute approximate surface area is 56.9 Å². The van der Waals surface area contributed by atoms with Crippen LogP contribution < -0.4 is 0 Å². The van der Waals surface area contributed by atoms with Crippen molar-refractivity contribution in [3.8, 4) is 0 Å². The van der Waals surface area contributed by atoms with Crippen LogP contribution in [0.1, 0.15) is 0 Å². The van der Waals surface area contributed by atoms with E-state index in [4.69, 9.17) is 10.1 Å². The average molecular weight is 100 g/mol. The largest absolute Gasteiger partial charge is 0.317 e. The van der Waals surface area contributed by atoms with Crippen molar-refractivity contribution in [1.29, 1.82) is 0 Å². The maximum Gasteiger partial charge on any atom is 0.294 e. The molecular formula is CH3NNaO3. The predicted octanol–water partition coefficient (Wildman–Crippen LogP) is -0.556. The minimum atomic E-state index is -0.875. The van der Waals surface area contributed by atoms with Gasteiger partial charge < -0.3 is 4.84 Å². The molecule has 0 aliphatic carbocycles. The van der Waals surface area contributed by atoms with E-state index in [1.54, 1.807) is 0 Å². The molecule has 0 rings (SSSR count). The van der Waals surface area contributed by atoms with Crippen LogP contribution in [0.3, 0.4) is 0 Å². The second kappa shape index (κ2) is 5.20. The normalized spacial score (nSPS) is 5.50. The van der Waals surface area contributed by atoms with E-state index < -0.39 is 5.09 Å². The van der Waals surface area contributed by atoms with Crippen molar-refractivity contribution >= 4 is 29.6 Å². The van der Waals surface area contributed by atoms with E-state index in [0.717, 1.165) is 7.11 Å². The number of rotatable bonds is 1. The molecule has 6 heavy (non-hydrogen) atoms. The standard InChI is InChI=1S/CH3NO3.Na/c1-5-2(3)4;/h1H3;. The zero-order valence-electron chi connectivity index (χ0n) is 3.67. The fourth-order valence-corrected chi connectivity index (χ4v) is 0. The summed E-state index contributed by atoms with van der Waals surface area (Å²) in [7, 11) is 1.00. The van der Waals surface area contributed by atoms with E-state index in [9.17, 15) is 0 Å². The van der Waals surface area contributed by atoms with Gasteiger partial charge in [0.15, 0.2) is 0 Å². The van der Waals surface area contributed by atoms with Gasteiger partial charge in [0.2, 0.25) is 0 Å². The van der Waals surface area contributed by atoms with Crippen LogP contribution in [0.25, 0.3) is 0 Å². The fraction of sp³-hybridized carbons (Fsp3) is 1.00. The van der Waals surface area contributed by atoms with Gasteiger partial charge >= 0.3 is 0 Å². The van der Waals surface area contributed by atoms with Crippen LogP contribution in [0.15, 0.2) is 0 Å². The van der Waals surface area contributed by atoms with Gasteiger partial charge in [-0.1, -0.05) is 0 Å². The average Bonchev–Trinajstić information content (AvgIpc) is 1.38. The maximum absolute atomic E-state index is 8.95. The van der Waals surface area contributed by atoms with Crippen LogP contribution in [0.4, 0.5) is 0 Å². The van der Waals surface area contributed by atoms with Crippen LogP contribution in [-0.2, 0) is 4.84 Å². The quantitative estimate of drug-likeness (QED) is 0.252. The summed E-state index contributed by atoms with van der Waals surface area (Å²) in [6, 6.07) is 0. The van der Waals surface area contributed by atoms with Crippen molar-refractivity contribution in [3.63, 3.8) is 0 Å². The Morgan fingerprint density at radius 1 is 1.83 bits per heavy atom. The van der Waals surface area contributed by atoms with E-state index in [1.165, 1.54) is 0 Å². The fourth-order valence-electron chi connectivity index (χ4n) is 0. The molecule has 4 nitrogen and oxygen atoms in total.